The maximum atomic E-state index is 13.4. The lowest BCUT2D eigenvalue weighted by molar-refractivity contribution is -0.116. The maximum absolute atomic E-state index is 13.4. The molecule has 1 aliphatic heterocycles. The summed E-state index contributed by atoms with van der Waals surface area (Å²) < 4.78 is 5.91. The molecule has 0 saturated carbocycles. The highest BCUT2D eigenvalue weighted by atomic mass is 16.5. The Balaban J connectivity index is 1.73. The van der Waals surface area contributed by atoms with E-state index in [4.69, 9.17) is 10.5 Å². The van der Waals surface area contributed by atoms with Crippen molar-refractivity contribution in [2.24, 2.45) is 5.73 Å². The SMILES string of the molecule is NC(=O)c1ccc(C2C3=C(CCCC3=O)OC3=C2C(=O)c2ccccc2C3=O)cc1. The third-order valence-corrected chi connectivity index (χ3v) is 5.85. The number of ketones is 3. The number of hydrogen-bond acceptors (Lipinski definition) is 5. The minimum absolute atomic E-state index is 0.00359. The third kappa shape index (κ3) is 2.57. The molecule has 148 valence electrons. The first kappa shape index (κ1) is 18.2. The molecule has 0 bridgehead atoms. The molecular formula is C24H17NO5. The molecule has 2 N–H and O–H groups in total. The van der Waals surface area contributed by atoms with Gasteiger partial charge in [-0.25, -0.2) is 0 Å². The molecule has 0 aromatic heterocycles. The number of benzene rings is 2. The van der Waals surface area contributed by atoms with Crippen LogP contribution in [-0.2, 0) is 9.53 Å². The summed E-state index contributed by atoms with van der Waals surface area (Å²) in [4.78, 5) is 50.9. The molecular weight excluding hydrogens is 382 g/mol. The first-order valence-corrected chi connectivity index (χ1v) is 9.74. The standard InChI is InChI=1S/C24H17NO5/c25-24(29)13-10-8-12(9-11-13)18-19-16(26)6-3-7-17(19)30-23-20(18)21(27)14-4-1-2-5-15(14)22(23)28/h1-2,4-5,8-11,18H,3,6-7H2,(H2,25,29). The number of carbonyl (C=O) groups excluding carboxylic acids is 4. The second-order valence-corrected chi connectivity index (χ2v) is 7.58. The van der Waals surface area contributed by atoms with Crippen LogP contribution in [0.3, 0.4) is 0 Å². The lowest BCUT2D eigenvalue weighted by atomic mass is 9.71. The maximum Gasteiger partial charge on any atom is 0.248 e. The summed E-state index contributed by atoms with van der Waals surface area (Å²) in [6.45, 7) is 0. The van der Waals surface area contributed by atoms with Gasteiger partial charge in [-0.15, -0.1) is 0 Å². The fraction of sp³-hybridized carbons (Fsp3) is 0.167. The summed E-state index contributed by atoms with van der Waals surface area (Å²) in [6, 6.07) is 13.1. The molecule has 0 saturated heterocycles. The van der Waals surface area contributed by atoms with E-state index >= 15 is 0 Å². The Morgan fingerprint density at radius 2 is 1.53 bits per heavy atom. The first-order chi connectivity index (χ1) is 14.5. The van der Waals surface area contributed by atoms with E-state index in [1.54, 1.807) is 48.5 Å². The molecule has 0 spiro atoms. The number of Topliss-reactive ketones (excluding diaryl/α,β-unsaturated/α-hetero) is 3. The van der Waals surface area contributed by atoms with E-state index in [-0.39, 0.29) is 28.7 Å². The number of amides is 1. The molecule has 6 heteroatoms. The second-order valence-electron chi connectivity index (χ2n) is 7.58. The van der Waals surface area contributed by atoms with Crippen molar-refractivity contribution in [3.63, 3.8) is 0 Å². The van der Waals surface area contributed by atoms with Crippen LogP contribution in [0, 0.1) is 0 Å². The summed E-state index contributed by atoms with van der Waals surface area (Å²) in [7, 11) is 0. The number of primary amides is 1. The van der Waals surface area contributed by atoms with Crippen LogP contribution in [0.25, 0.3) is 0 Å². The van der Waals surface area contributed by atoms with E-state index < -0.39 is 11.8 Å². The van der Waals surface area contributed by atoms with Gasteiger partial charge in [0.2, 0.25) is 11.7 Å². The van der Waals surface area contributed by atoms with Crippen molar-refractivity contribution in [3.8, 4) is 0 Å². The number of hydrogen-bond donors (Lipinski definition) is 1. The van der Waals surface area contributed by atoms with Crippen molar-refractivity contribution in [2.45, 2.75) is 25.2 Å². The van der Waals surface area contributed by atoms with Gasteiger partial charge in [-0.05, 0) is 24.1 Å². The molecule has 0 fully saturated rings. The van der Waals surface area contributed by atoms with E-state index in [1.165, 1.54) is 0 Å². The van der Waals surface area contributed by atoms with E-state index in [1.807, 2.05) is 0 Å². The van der Waals surface area contributed by atoms with Gasteiger partial charge < -0.3 is 10.5 Å². The zero-order chi connectivity index (χ0) is 21.0. The smallest absolute Gasteiger partial charge is 0.248 e. The summed E-state index contributed by atoms with van der Waals surface area (Å²) in [6.07, 6.45) is 1.52. The predicted octanol–water partition coefficient (Wildman–Crippen LogP) is 3.24. The number of rotatable bonds is 2. The van der Waals surface area contributed by atoms with Gasteiger partial charge >= 0.3 is 0 Å². The fourth-order valence-corrected chi connectivity index (χ4v) is 4.44. The normalized spacial score (nSPS) is 20.4. The molecule has 2 aliphatic carbocycles. The van der Waals surface area contributed by atoms with Crippen LogP contribution in [0.4, 0.5) is 0 Å². The number of carbonyl (C=O) groups is 4. The van der Waals surface area contributed by atoms with Gasteiger partial charge in [-0.2, -0.15) is 0 Å². The van der Waals surface area contributed by atoms with Crippen molar-refractivity contribution in [1.29, 1.82) is 0 Å². The van der Waals surface area contributed by atoms with Gasteiger partial charge in [0.1, 0.15) is 5.76 Å². The first-order valence-electron chi connectivity index (χ1n) is 9.74. The van der Waals surface area contributed by atoms with Crippen LogP contribution in [0.2, 0.25) is 0 Å². The fourth-order valence-electron chi connectivity index (χ4n) is 4.44. The Hall–Kier alpha value is -3.80. The number of ether oxygens (including phenoxy) is 1. The zero-order valence-corrected chi connectivity index (χ0v) is 15.9. The summed E-state index contributed by atoms with van der Waals surface area (Å²) in [5.41, 5.74) is 7.50. The lowest BCUT2D eigenvalue weighted by Gasteiger charge is -2.35. The van der Waals surface area contributed by atoms with E-state index in [9.17, 15) is 19.2 Å². The van der Waals surface area contributed by atoms with Crippen LogP contribution in [0.5, 0.6) is 0 Å². The van der Waals surface area contributed by atoms with Gasteiger partial charge in [-0.1, -0.05) is 36.4 Å². The minimum atomic E-state index is -0.719. The Morgan fingerprint density at radius 3 is 2.20 bits per heavy atom. The summed E-state index contributed by atoms with van der Waals surface area (Å²) in [5, 5.41) is 0. The van der Waals surface area contributed by atoms with E-state index in [0.717, 1.165) is 0 Å². The van der Waals surface area contributed by atoms with Gasteiger partial charge in [0.05, 0.1) is 5.57 Å². The highest BCUT2D eigenvalue weighted by Gasteiger charge is 2.46. The summed E-state index contributed by atoms with van der Waals surface area (Å²) in [5.74, 6) is -1.61. The Kier molecular flexibility index (Phi) is 4.03. The number of fused-ring (bicyclic) bond motifs is 1. The highest BCUT2D eigenvalue weighted by Crippen LogP contribution is 2.48. The Bertz CT molecular complexity index is 1220. The van der Waals surface area contributed by atoms with Gasteiger partial charge in [0.15, 0.2) is 17.3 Å². The largest absolute Gasteiger partial charge is 0.457 e. The second kappa shape index (κ2) is 6.62. The van der Waals surface area contributed by atoms with Crippen molar-refractivity contribution in [1.82, 2.24) is 0 Å². The summed E-state index contributed by atoms with van der Waals surface area (Å²) >= 11 is 0. The molecule has 1 amide bonds. The van der Waals surface area contributed by atoms with Crippen molar-refractivity contribution < 1.29 is 23.9 Å². The topological polar surface area (TPSA) is 104 Å². The van der Waals surface area contributed by atoms with Crippen molar-refractivity contribution >= 4 is 23.3 Å². The lowest BCUT2D eigenvalue weighted by Crippen LogP contribution is -2.34. The molecule has 5 rings (SSSR count). The van der Waals surface area contributed by atoms with Crippen LogP contribution in [0.15, 0.2) is 71.2 Å². The molecule has 1 heterocycles. The van der Waals surface area contributed by atoms with Crippen molar-refractivity contribution in [2.75, 3.05) is 0 Å². The van der Waals surface area contributed by atoms with E-state index in [2.05, 4.69) is 0 Å². The predicted molar refractivity (Wildman–Crippen MR) is 107 cm³/mol. The average Bonchev–Trinajstić information content (AvgIpc) is 2.76. The number of nitrogens with two attached hydrogens (primary N) is 1. The molecule has 2 aromatic carbocycles. The van der Waals surface area contributed by atoms with E-state index in [0.29, 0.717) is 52.8 Å². The van der Waals surface area contributed by atoms with Crippen LogP contribution >= 0.6 is 0 Å². The van der Waals surface area contributed by atoms with Gasteiger partial charge in [-0.3, -0.25) is 19.2 Å². The molecule has 30 heavy (non-hydrogen) atoms. The van der Waals surface area contributed by atoms with Crippen molar-refractivity contribution in [3.05, 3.63) is 93.4 Å². The zero-order valence-electron chi connectivity index (χ0n) is 15.9. The Morgan fingerprint density at radius 1 is 0.867 bits per heavy atom. The Labute approximate surface area is 172 Å². The molecule has 0 radical (unpaired) electrons. The molecule has 1 unspecified atom stereocenters. The van der Waals surface area contributed by atoms with Gasteiger partial charge in [0.25, 0.3) is 0 Å². The highest BCUT2D eigenvalue weighted by molar-refractivity contribution is 6.27. The molecule has 3 aliphatic rings. The molecule has 6 nitrogen and oxygen atoms in total. The quantitative estimate of drug-likeness (QED) is 0.835. The minimum Gasteiger partial charge on any atom is -0.457 e. The van der Waals surface area contributed by atoms with Crippen LogP contribution in [-0.4, -0.2) is 23.3 Å². The average molecular weight is 399 g/mol. The molecule has 2 aromatic rings. The molecule has 1 atom stereocenters. The van der Waals surface area contributed by atoms with Gasteiger partial charge in [0, 0.05) is 41.0 Å². The monoisotopic (exact) mass is 399 g/mol. The van der Waals surface area contributed by atoms with Crippen LogP contribution in [0.1, 0.15) is 61.8 Å². The third-order valence-electron chi connectivity index (χ3n) is 5.85. The number of allylic oxidation sites excluding steroid dienone is 4. The van der Waals surface area contributed by atoms with Crippen LogP contribution < -0.4 is 5.73 Å².